The molecular formula is C24H33F4N3O2. The Balaban J connectivity index is 1.43. The molecule has 2 fully saturated rings. The van der Waals surface area contributed by atoms with E-state index in [4.69, 9.17) is 0 Å². The van der Waals surface area contributed by atoms with Gasteiger partial charge in [0.05, 0.1) is 12.1 Å². The molecule has 1 aromatic carbocycles. The van der Waals surface area contributed by atoms with Crippen molar-refractivity contribution < 1.29 is 27.2 Å². The highest BCUT2D eigenvalue weighted by Crippen LogP contribution is 2.31. The second kappa shape index (κ2) is 11.3. The molecule has 5 nitrogen and oxygen atoms in total. The van der Waals surface area contributed by atoms with Crippen LogP contribution in [0.25, 0.3) is 0 Å². The first-order valence-corrected chi connectivity index (χ1v) is 11.7. The number of amides is 2. The molecule has 2 atom stereocenters. The standard InChI is InChI=1S/C24H33F4N3O2/c1-16-4-2-3-5-21(16)30-22(32)15-31-8-6-17(7-9-31)14-29-23(33)19-10-18(13-25)11-20(12-19)24(26,27)28/h10-12,16-17,21H,2-9,13-15H2,1H3,(H,29,33)(H,30,32). The lowest BCUT2D eigenvalue weighted by Crippen LogP contribution is -2.47. The second-order valence-electron chi connectivity index (χ2n) is 9.42. The number of nitrogens with zero attached hydrogens (tertiary/aromatic N) is 1. The highest BCUT2D eigenvalue weighted by atomic mass is 19.4. The fourth-order valence-corrected chi connectivity index (χ4v) is 4.74. The Morgan fingerprint density at radius 2 is 1.76 bits per heavy atom. The number of hydrogen-bond acceptors (Lipinski definition) is 3. The predicted octanol–water partition coefficient (Wildman–Crippen LogP) is 4.31. The maximum absolute atomic E-state index is 13.0. The Morgan fingerprint density at radius 1 is 1.06 bits per heavy atom. The Bertz CT molecular complexity index is 822. The first-order valence-electron chi connectivity index (χ1n) is 11.7. The first-order chi connectivity index (χ1) is 15.7. The molecule has 1 aliphatic carbocycles. The molecule has 9 heteroatoms. The van der Waals surface area contributed by atoms with Gasteiger partial charge in [0.1, 0.15) is 6.67 Å². The lowest BCUT2D eigenvalue weighted by Gasteiger charge is -2.33. The summed E-state index contributed by atoms with van der Waals surface area (Å²) in [5.74, 6) is 0.0980. The molecule has 184 valence electrons. The molecule has 1 aromatic rings. The van der Waals surface area contributed by atoms with Crippen molar-refractivity contribution in [2.24, 2.45) is 11.8 Å². The van der Waals surface area contributed by atoms with Gasteiger partial charge in [-0.25, -0.2) is 4.39 Å². The Morgan fingerprint density at radius 3 is 2.39 bits per heavy atom. The van der Waals surface area contributed by atoms with Crippen molar-refractivity contribution in [3.63, 3.8) is 0 Å². The largest absolute Gasteiger partial charge is 0.416 e. The molecule has 0 spiro atoms. The summed E-state index contributed by atoms with van der Waals surface area (Å²) in [4.78, 5) is 26.9. The quantitative estimate of drug-likeness (QED) is 0.583. The van der Waals surface area contributed by atoms with Crippen LogP contribution in [0.4, 0.5) is 17.6 Å². The van der Waals surface area contributed by atoms with Gasteiger partial charge in [-0.05, 0) is 74.4 Å². The summed E-state index contributed by atoms with van der Waals surface area (Å²) in [6.45, 7) is 3.25. The highest BCUT2D eigenvalue weighted by Gasteiger charge is 2.32. The number of hydrogen-bond donors (Lipinski definition) is 2. The predicted molar refractivity (Wildman–Crippen MR) is 117 cm³/mol. The van der Waals surface area contributed by atoms with Crippen molar-refractivity contribution in [3.8, 4) is 0 Å². The molecule has 1 saturated heterocycles. The number of benzene rings is 1. The minimum absolute atomic E-state index is 0.0497. The van der Waals surface area contributed by atoms with Crippen molar-refractivity contribution >= 4 is 11.8 Å². The number of rotatable bonds is 7. The van der Waals surface area contributed by atoms with E-state index < -0.39 is 24.3 Å². The lowest BCUT2D eigenvalue weighted by molar-refractivity contribution is -0.137. The van der Waals surface area contributed by atoms with Gasteiger partial charge >= 0.3 is 6.18 Å². The summed E-state index contributed by atoms with van der Waals surface area (Å²) in [5.41, 5.74) is -1.40. The monoisotopic (exact) mass is 471 g/mol. The normalized spacial score (nSPS) is 22.7. The maximum Gasteiger partial charge on any atom is 0.416 e. The summed E-state index contributed by atoms with van der Waals surface area (Å²) in [7, 11) is 0. The molecular weight excluding hydrogens is 438 g/mol. The molecule has 2 amide bonds. The SMILES string of the molecule is CC1CCCCC1NC(=O)CN1CCC(CNC(=O)c2cc(CF)cc(C(F)(F)F)c2)CC1. The number of nitrogens with one attached hydrogen (secondary N) is 2. The van der Waals surface area contributed by atoms with Gasteiger partial charge in [0, 0.05) is 18.2 Å². The number of piperidine rings is 1. The third kappa shape index (κ3) is 7.42. The smallest absolute Gasteiger partial charge is 0.352 e. The molecule has 1 heterocycles. The van der Waals surface area contributed by atoms with E-state index in [9.17, 15) is 27.2 Å². The van der Waals surface area contributed by atoms with Gasteiger partial charge in [-0.1, -0.05) is 19.8 Å². The summed E-state index contributed by atoms with van der Waals surface area (Å²) in [6, 6.07) is 2.88. The van der Waals surface area contributed by atoms with E-state index in [1.54, 1.807) is 0 Å². The Kier molecular flexibility index (Phi) is 8.73. The van der Waals surface area contributed by atoms with Gasteiger partial charge in [0.2, 0.25) is 5.91 Å². The minimum Gasteiger partial charge on any atom is -0.352 e. The van der Waals surface area contributed by atoms with E-state index in [1.807, 2.05) is 0 Å². The molecule has 1 aliphatic heterocycles. The second-order valence-corrected chi connectivity index (χ2v) is 9.42. The fourth-order valence-electron chi connectivity index (χ4n) is 4.74. The Labute approximate surface area is 192 Å². The van der Waals surface area contributed by atoms with Crippen LogP contribution in [0.15, 0.2) is 18.2 Å². The van der Waals surface area contributed by atoms with Crippen LogP contribution in [-0.4, -0.2) is 48.9 Å². The molecule has 33 heavy (non-hydrogen) atoms. The van der Waals surface area contributed by atoms with E-state index in [0.717, 1.165) is 63.4 Å². The van der Waals surface area contributed by atoms with E-state index in [2.05, 4.69) is 22.5 Å². The molecule has 0 bridgehead atoms. The molecule has 2 unspecified atom stereocenters. The molecule has 2 aliphatic rings. The van der Waals surface area contributed by atoms with Crippen molar-refractivity contribution in [3.05, 3.63) is 34.9 Å². The van der Waals surface area contributed by atoms with Crippen molar-refractivity contribution in [2.75, 3.05) is 26.2 Å². The van der Waals surface area contributed by atoms with Crippen LogP contribution >= 0.6 is 0 Å². The number of alkyl halides is 4. The highest BCUT2D eigenvalue weighted by molar-refractivity contribution is 5.94. The van der Waals surface area contributed by atoms with E-state index >= 15 is 0 Å². The zero-order valence-electron chi connectivity index (χ0n) is 19.0. The van der Waals surface area contributed by atoms with Crippen LogP contribution in [0, 0.1) is 11.8 Å². The van der Waals surface area contributed by atoms with Gasteiger partial charge in [-0.15, -0.1) is 0 Å². The third-order valence-corrected chi connectivity index (χ3v) is 6.82. The number of carbonyl (C=O) groups excluding carboxylic acids is 2. The molecule has 0 radical (unpaired) electrons. The maximum atomic E-state index is 13.0. The van der Waals surface area contributed by atoms with Crippen molar-refractivity contribution in [1.29, 1.82) is 0 Å². The van der Waals surface area contributed by atoms with Crippen molar-refractivity contribution in [2.45, 2.75) is 64.3 Å². The average molecular weight is 472 g/mol. The fraction of sp³-hybridized carbons (Fsp3) is 0.667. The lowest BCUT2D eigenvalue weighted by atomic mass is 9.86. The summed E-state index contributed by atoms with van der Waals surface area (Å²) >= 11 is 0. The first kappa shape index (κ1) is 25.5. The van der Waals surface area contributed by atoms with Crippen LogP contribution in [0.3, 0.4) is 0 Å². The van der Waals surface area contributed by atoms with Gasteiger partial charge in [0.25, 0.3) is 5.91 Å². The Hall–Kier alpha value is -2.16. The number of halogens is 4. The zero-order valence-corrected chi connectivity index (χ0v) is 19.0. The van der Waals surface area contributed by atoms with Crippen LogP contribution in [0.1, 0.15) is 66.9 Å². The van der Waals surface area contributed by atoms with Crippen LogP contribution in [-0.2, 0) is 17.6 Å². The van der Waals surface area contributed by atoms with Crippen LogP contribution in [0.2, 0.25) is 0 Å². The van der Waals surface area contributed by atoms with E-state index in [1.165, 1.54) is 6.42 Å². The summed E-state index contributed by atoms with van der Waals surface area (Å²) in [5, 5.41) is 5.85. The minimum atomic E-state index is -4.64. The third-order valence-electron chi connectivity index (χ3n) is 6.82. The van der Waals surface area contributed by atoms with Gasteiger partial charge in [-0.2, -0.15) is 13.2 Å². The molecule has 2 N–H and O–H groups in total. The van der Waals surface area contributed by atoms with E-state index in [-0.39, 0.29) is 29.0 Å². The average Bonchev–Trinajstić information content (AvgIpc) is 2.79. The van der Waals surface area contributed by atoms with E-state index in [0.29, 0.717) is 19.0 Å². The molecule has 1 saturated carbocycles. The molecule has 3 rings (SSSR count). The van der Waals surface area contributed by atoms with Crippen LogP contribution < -0.4 is 10.6 Å². The van der Waals surface area contributed by atoms with Gasteiger partial charge < -0.3 is 10.6 Å². The summed E-state index contributed by atoms with van der Waals surface area (Å²) < 4.78 is 52.0. The van der Waals surface area contributed by atoms with Gasteiger partial charge in [-0.3, -0.25) is 14.5 Å². The van der Waals surface area contributed by atoms with Crippen LogP contribution in [0.5, 0.6) is 0 Å². The number of likely N-dealkylation sites (tertiary alicyclic amines) is 1. The van der Waals surface area contributed by atoms with Gasteiger partial charge in [0.15, 0.2) is 0 Å². The number of carbonyl (C=O) groups is 2. The van der Waals surface area contributed by atoms with Crippen molar-refractivity contribution in [1.82, 2.24) is 15.5 Å². The molecule has 0 aromatic heterocycles. The summed E-state index contributed by atoms with van der Waals surface area (Å²) in [6.07, 6.45) is 1.49. The zero-order chi connectivity index (χ0) is 24.0. The topological polar surface area (TPSA) is 61.4 Å².